The van der Waals surface area contributed by atoms with Crippen LogP contribution in [0.15, 0.2) is 42.5 Å². The van der Waals surface area contributed by atoms with E-state index in [0.717, 1.165) is 33.6 Å². The Kier molecular flexibility index (Phi) is 3.44. The number of aromatic nitrogens is 2. The minimum absolute atomic E-state index is 0.584. The normalized spacial score (nSPS) is 10.6. The topological polar surface area (TPSA) is 47.0 Å². The van der Waals surface area contributed by atoms with Gasteiger partial charge in [0.25, 0.3) is 0 Å². The number of fused-ring (bicyclic) bond motifs is 1. The zero-order valence-electron chi connectivity index (χ0n) is 12.3. The third-order valence-corrected chi connectivity index (χ3v) is 3.30. The summed E-state index contributed by atoms with van der Waals surface area (Å²) in [6.45, 7) is 3.91. The van der Waals surface area contributed by atoms with Crippen LogP contribution in [-0.2, 0) is 0 Å². The highest BCUT2D eigenvalue weighted by atomic mass is 16.5. The molecule has 0 spiro atoms. The van der Waals surface area contributed by atoms with Crippen molar-refractivity contribution in [1.82, 2.24) is 9.97 Å². The van der Waals surface area contributed by atoms with Gasteiger partial charge in [0.05, 0.1) is 12.8 Å². The summed E-state index contributed by atoms with van der Waals surface area (Å²) in [5.74, 6) is 1.36. The van der Waals surface area contributed by atoms with Crippen LogP contribution in [0.3, 0.4) is 0 Å². The van der Waals surface area contributed by atoms with Gasteiger partial charge in [-0.1, -0.05) is 24.3 Å². The Morgan fingerprint density at radius 1 is 0.905 bits per heavy atom. The number of anilines is 2. The molecule has 1 heterocycles. The monoisotopic (exact) mass is 279 g/mol. The first-order valence-corrected chi connectivity index (χ1v) is 6.82. The van der Waals surface area contributed by atoms with E-state index in [-0.39, 0.29) is 0 Å². The van der Waals surface area contributed by atoms with Crippen LogP contribution in [0.5, 0.6) is 5.75 Å². The number of rotatable bonds is 3. The molecule has 0 aliphatic rings. The minimum Gasteiger partial charge on any atom is -0.495 e. The smallest absolute Gasteiger partial charge is 0.227 e. The van der Waals surface area contributed by atoms with Gasteiger partial charge in [-0.05, 0) is 42.8 Å². The van der Waals surface area contributed by atoms with E-state index in [1.54, 1.807) is 7.11 Å². The molecular weight excluding hydrogens is 262 g/mol. The Balaban J connectivity index is 2.06. The second kappa shape index (κ2) is 5.40. The molecule has 0 amide bonds. The Bertz CT molecular complexity index is 779. The molecule has 2 aromatic carbocycles. The molecule has 1 N–H and O–H groups in total. The van der Waals surface area contributed by atoms with Crippen molar-refractivity contribution in [3.05, 3.63) is 53.9 Å². The Morgan fingerprint density at radius 3 is 2.14 bits per heavy atom. The van der Waals surface area contributed by atoms with Gasteiger partial charge in [0.1, 0.15) is 5.75 Å². The number of methoxy groups -OCH3 is 1. The Morgan fingerprint density at radius 2 is 1.52 bits per heavy atom. The second-order valence-corrected chi connectivity index (χ2v) is 5.00. The summed E-state index contributed by atoms with van der Waals surface area (Å²) >= 11 is 0. The fraction of sp³-hybridized carbons (Fsp3) is 0.176. The lowest BCUT2D eigenvalue weighted by molar-refractivity contribution is 0.417. The van der Waals surface area contributed by atoms with Gasteiger partial charge in [-0.15, -0.1) is 0 Å². The maximum Gasteiger partial charge on any atom is 0.227 e. The van der Waals surface area contributed by atoms with Crippen LogP contribution >= 0.6 is 0 Å². The second-order valence-electron chi connectivity index (χ2n) is 5.00. The highest BCUT2D eigenvalue weighted by Crippen LogP contribution is 2.31. The van der Waals surface area contributed by atoms with Crippen LogP contribution in [-0.4, -0.2) is 17.1 Å². The highest BCUT2D eigenvalue weighted by molar-refractivity contribution is 5.89. The van der Waals surface area contributed by atoms with Gasteiger partial charge in [-0.2, -0.15) is 0 Å². The van der Waals surface area contributed by atoms with E-state index in [0.29, 0.717) is 5.95 Å². The molecule has 0 saturated carbocycles. The molecule has 0 radical (unpaired) electrons. The van der Waals surface area contributed by atoms with E-state index in [4.69, 9.17) is 4.74 Å². The predicted molar refractivity (Wildman–Crippen MR) is 85.3 cm³/mol. The van der Waals surface area contributed by atoms with E-state index in [1.165, 1.54) is 0 Å². The number of hydrogen-bond acceptors (Lipinski definition) is 4. The quantitative estimate of drug-likeness (QED) is 0.787. The van der Waals surface area contributed by atoms with E-state index in [2.05, 4.69) is 33.5 Å². The van der Waals surface area contributed by atoms with Crippen LogP contribution in [0, 0.1) is 13.8 Å². The predicted octanol–water partition coefficient (Wildman–Crippen LogP) is 4.00. The molecule has 4 nitrogen and oxygen atoms in total. The summed E-state index contributed by atoms with van der Waals surface area (Å²) in [4.78, 5) is 8.81. The van der Waals surface area contributed by atoms with Gasteiger partial charge >= 0.3 is 0 Å². The molecule has 3 aromatic rings. The van der Waals surface area contributed by atoms with Gasteiger partial charge < -0.3 is 10.1 Å². The Labute approximate surface area is 123 Å². The number of ether oxygens (including phenoxy) is 1. The molecule has 3 rings (SSSR count). The molecule has 4 heteroatoms. The van der Waals surface area contributed by atoms with Crippen molar-refractivity contribution in [3.63, 3.8) is 0 Å². The number of benzene rings is 2. The zero-order valence-corrected chi connectivity index (χ0v) is 12.3. The molecule has 0 aliphatic heterocycles. The van der Waals surface area contributed by atoms with Gasteiger partial charge in [0.2, 0.25) is 5.95 Å². The van der Waals surface area contributed by atoms with Crippen molar-refractivity contribution < 1.29 is 4.74 Å². The molecule has 0 fully saturated rings. The van der Waals surface area contributed by atoms with Crippen molar-refractivity contribution in [2.24, 2.45) is 0 Å². The summed E-state index contributed by atoms with van der Waals surface area (Å²) in [5.41, 5.74) is 2.73. The maximum absolute atomic E-state index is 5.47. The molecule has 0 unspecified atom stereocenters. The molecule has 0 saturated heterocycles. The van der Waals surface area contributed by atoms with Crippen LogP contribution in [0.4, 0.5) is 11.6 Å². The average molecular weight is 279 g/mol. The van der Waals surface area contributed by atoms with Crippen molar-refractivity contribution in [1.29, 1.82) is 0 Å². The average Bonchev–Trinajstić information content (AvgIpc) is 2.45. The van der Waals surface area contributed by atoms with E-state index >= 15 is 0 Å². The summed E-state index contributed by atoms with van der Waals surface area (Å²) in [5, 5.41) is 5.53. The van der Waals surface area contributed by atoms with Gasteiger partial charge in [-0.3, -0.25) is 0 Å². The fourth-order valence-electron chi connectivity index (χ4n) is 2.39. The lowest BCUT2D eigenvalue weighted by atomic mass is 10.1. The molecule has 0 atom stereocenters. The number of hydrogen-bond donors (Lipinski definition) is 1. The van der Waals surface area contributed by atoms with E-state index < -0.39 is 0 Å². The third-order valence-electron chi connectivity index (χ3n) is 3.30. The van der Waals surface area contributed by atoms with E-state index in [9.17, 15) is 0 Å². The van der Waals surface area contributed by atoms with Gasteiger partial charge in [0, 0.05) is 11.4 Å². The largest absolute Gasteiger partial charge is 0.495 e. The van der Waals surface area contributed by atoms with Crippen molar-refractivity contribution in [2.45, 2.75) is 13.8 Å². The first kappa shape index (κ1) is 13.4. The summed E-state index contributed by atoms with van der Waals surface area (Å²) in [6, 6.07) is 14.2. The van der Waals surface area contributed by atoms with Crippen LogP contribution in [0.2, 0.25) is 0 Å². The molecule has 0 aliphatic carbocycles. The third kappa shape index (κ3) is 2.79. The standard InChI is InChI=1S/C17H17N3O/c1-11-8-12(2)19-17(18-11)20-15-9-13-6-4-5-7-14(13)10-16(15)21-3/h4-10H,1-3H3,(H,18,19,20). The first-order chi connectivity index (χ1) is 10.2. The SMILES string of the molecule is COc1cc2ccccc2cc1Nc1nc(C)cc(C)n1. The van der Waals surface area contributed by atoms with Crippen molar-refractivity contribution in [3.8, 4) is 5.75 Å². The molecule has 0 bridgehead atoms. The van der Waals surface area contributed by atoms with Crippen LogP contribution in [0.25, 0.3) is 10.8 Å². The van der Waals surface area contributed by atoms with Crippen LogP contribution < -0.4 is 10.1 Å². The summed E-state index contributed by atoms with van der Waals surface area (Å²) in [6.07, 6.45) is 0. The Hall–Kier alpha value is -2.62. The first-order valence-electron chi connectivity index (χ1n) is 6.82. The van der Waals surface area contributed by atoms with Gasteiger partial charge in [-0.25, -0.2) is 9.97 Å². The number of aryl methyl sites for hydroxylation is 2. The molecular formula is C17H17N3O. The lowest BCUT2D eigenvalue weighted by Gasteiger charge is -2.12. The molecule has 21 heavy (non-hydrogen) atoms. The van der Waals surface area contributed by atoms with Gasteiger partial charge in [0.15, 0.2) is 0 Å². The number of nitrogens with one attached hydrogen (secondary N) is 1. The van der Waals surface area contributed by atoms with Crippen molar-refractivity contribution >= 4 is 22.4 Å². The molecule has 106 valence electrons. The summed E-state index contributed by atoms with van der Waals surface area (Å²) in [7, 11) is 1.66. The maximum atomic E-state index is 5.47. The minimum atomic E-state index is 0.584. The lowest BCUT2D eigenvalue weighted by Crippen LogP contribution is -2.01. The highest BCUT2D eigenvalue weighted by Gasteiger charge is 2.08. The fourth-order valence-corrected chi connectivity index (χ4v) is 2.39. The summed E-state index contributed by atoms with van der Waals surface area (Å²) < 4.78 is 5.47. The van der Waals surface area contributed by atoms with Crippen LogP contribution in [0.1, 0.15) is 11.4 Å². The molecule has 1 aromatic heterocycles. The zero-order chi connectivity index (χ0) is 14.8. The number of nitrogens with zero attached hydrogens (tertiary/aromatic N) is 2. The van der Waals surface area contributed by atoms with Crippen molar-refractivity contribution in [2.75, 3.05) is 12.4 Å². The van der Waals surface area contributed by atoms with E-state index in [1.807, 2.05) is 38.1 Å².